The minimum atomic E-state index is -2.06. The van der Waals surface area contributed by atoms with Gasteiger partial charge >= 0.3 is 0 Å². The molecule has 2 aliphatic rings. The van der Waals surface area contributed by atoms with Crippen LogP contribution in [0.3, 0.4) is 0 Å². The third-order valence-electron chi connectivity index (χ3n) is 6.92. The van der Waals surface area contributed by atoms with Crippen LogP contribution in [0.5, 0.6) is 5.75 Å². The fourth-order valence-corrected chi connectivity index (χ4v) is 5.43. The van der Waals surface area contributed by atoms with Crippen LogP contribution in [0.25, 0.3) is 0 Å². The van der Waals surface area contributed by atoms with Crippen LogP contribution in [0, 0.1) is 17.2 Å². The zero-order valence-corrected chi connectivity index (χ0v) is 18.2. The zero-order chi connectivity index (χ0) is 23.5. The van der Waals surface area contributed by atoms with Crippen molar-refractivity contribution in [1.29, 1.82) is 5.26 Å². The first kappa shape index (κ1) is 21.2. The largest absolute Gasteiger partial charge is 0.475 e. The van der Waals surface area contributed by atoms with Crippen molar-refractivity contribution >= 4 is 5.91 Å². The van der Waals surface area contributed by atoms with Gasteiger partial charge in [-0.15, -0.1) is 0 Å². The van der Waals surface area contributed by atoms with Crippen molar-refractivity contribution in [1.82, 2.24) is 9.78 Å². The highest BCUT2D eigenvalue weighted by Gasteiger charge is 2.78. The fraction of sp³-hybridized carbons (Fsp3) is 0.320. The Morgan fingerprint density at radius 2 is 1.88 bits per heavy atom. The molecule has 1 fully saturated rings. The van der Waals surface area contributed by atoms with Crippen molar-refractivity contribution in [2.45, 2.75) is 43.1 Å². The van der Waals surface area contributed by atoms with E-state index < -0.39 is 35.0 Å². The predicted molar refractivity (Wildman–Crippen MR) is 118 cm³/mol. The molecule has 0 spiro atoms. The summed E-state index contributed by atoms with van der Waals surface area (Å²) in [5, 5.41) is 37.6. The molecule has 8 heteroatoms. The fourth-order valence-electron chi connectivity index (χ4n) is 5.43. The van der Waals surface area contributed by atoms with Crippen molar-refractivity contribution < 1.29 is 19.7 Å². The van der Waals surface area contributed by atoms with E-state index in [4.69, 9.17) is 10.5 Å². The van der Waals surface area contributed by atoms with E-state index in [0.717, 1.165) is 0 Å². The van der Waals surface area contributed by atoms with Gasteiger partial charge < -0.3 is 20.7 Å². The number of primary amides is 1. The van der Waals surface area contributed by atoms with E-state index in [1.54, 1.807) is 35.1 Å². The summed E-state index contributed by atoms with van der Waals surface area (Å²) < 4.78 is 8.19. The Hall–Kier alpha value is -3.67. The van der Waals surface area contributed by atoms with Crippen LogP contribution in [-0.2, 0) is 16.0 Å². The van der Waals surface area contributed by atoms with Gasteiger partial charge in [-0.3, -0.25) is 9.48 Å². The first-order valence-electron chi connectivity index (χ1n) is 10.8. The van der Waals surface area contributed by atoms with E-state index in [-0.39, 0.29) is 11.7 Å². The molecule has 3 aromatic rings. The maximum atomic E-state index is 12.7. The number of nitrogens with two attached hydrogens (primary N) is 1. The van der Waals surface area contributed by atoms with Gasteiger partial charge in [0, 0.05) is 12.0 Å². The molecule has 33 heavy (non-hydrogen) atoms. The molecule has 5 atom stereocenters. The Bertz CT molecular complexity index is 1260. The second-order valence-corrected chi connectivity index (χ2v) is 8.97. The molecule has 2 aromatic carbocycles. The monoisotopic (exact) mass is 444 g/mol. The van der Waals surface area contributed by atoms with E-state index in [1.165, 1.54) is 0 Å². The Morgan fingerprint density at radius 1 is 1.21 bits per heavy atom. The molecule has 1 amide bonds. The van der Waals surface area contributed by atoms with E-state index in [0.29, 0.717) is 22.4 Å². The van der Waals surface area contributed by atoms with Gasteiger partial charge in [0.05, 0.1) is 23.7 Å². The highest BCUT2D eigenvalue weighted by atomic mass is 16.5. The Balaban J connectivity index is 1.83. The normalized spacial score (nSPS) is 29.9. The SMILES string of the molecule is CC(C)n1cc2c(n1)[C@]1(O)[C@H](O)[C@H](C(N)=O)[C@@H](c3ccccc3)[C@]1(c1ccc(C#N)cc1)O2. The van der Waals surface area contributed by atoms with Crippen molar-refractivity contribution in [3.63, 3.8) is 0 Å². The van der Waals surface area contributed by atoms with Crippen LogP contribution < -0.4 is 10.5 Å². The number of aromatic nitrogens is 2. The van der Waals surface area contributed by atoms with Crippen molar-refractivity contribution in [2.24, 2.45) is 11.7 Å². The molecule has 1 aliphatic carbocycles. The number of carbonyl (C=O) groups is 1. The van der Waals surface area contributed by atoms with Crippen molar-refractivity contribution in [2.75, 3.05) is 0 Å². The van der Waals surface area contributed by atoms with E-state index >= 15 is 0 Å². The average Bonchev–Trinajstić information content (AvgIpc) is 3.40. The van der Waals surface area contributed by atoms with Gasteiger partial charge in [-0.05, 0) is 37.1 Å². The summed E-state index contributed by atoms with van der Waals surface area (Å²) in [5.41, 5.74) is 3.94. The highest BCUT2D eigenvalue weighted by Crippen LogP contribution is 2.68. The minimum absolute atomic E-state index is 0.0116. The molecule has 4 N–H and O–H groups in total. The second-order valence-electron chi connectivity index (χ2n) is 8.97. The number of hydrogen-bond acceptors (Lipinski definition) is 6. The molecule has 168 valence electrons. The van der Waals surface area contributed by atoms with Crippen molar-refractivity contribution in [3.05, 3.63) is 83.2 Å². The number of aliphatic hydroxyl groups excluding tert-OH is 1. The van der Waals surface area contributed by atoms with Crippen LogP contribution in [0.4, 0.5) is 0 Å². The number of fused-ring (bicyclic) bond motifs is 3. The van der Waals surface area contributed by atoms with E-state index in [9.17, 15) is 20.3 Å². The smallest absolute Gasteiger partial charge is 0.224 e. The molecule has 2 heterocycles. The molecule has 1 aliphatic heterocycles. The van der Waals surface area contributed by atoms with Gasteiger partial charge in [0.25, 0.3) is 0 Å². The maximum Gasteiger partial charge on any atom is 0.224 e. The molecule has 1 saturated carbocycles. The molecule has 5 rings (SSSR count). The standard InChI is InChI=1S/C25H24N4O4/c1-14(2)29-13-18-21(28-29)24(32)22(30)19(23(27)31)20(16-6-4-3-5-7-16)25(24,33-18)17-10-8-15(12-26)9-11-17/h3-11,13-14,19-20,22,30,32H,1-2H3,(H2,27,31)/t19-,20-,22-,24+,25+/m1/s1. The number of rotatable bonds is 4. The van der Waals surface area contributed by atoms with Crippen LogP contribution in [0.2, 0.25) is 0 Å². The second kappa shape index (κ2) is 7.17. The van der Waals surface area contributed by atoms with Gasteiger partial charge in [-0.1, -0.05) is 42.5 Å². The molecular formula is C25H24N4O4. The first-order chi connectivity index (χ1) is 15.8. The average molecular weight is 444 g/mol. The van der Waals surface area contributed by atoms with Gasteiger partial charge in [0.1, 0.15) is 11.8 Å². The summed E-state index contributed by atoms with van der Waals surface area (Å²) in [6.45, 7) is 3.87. The van der Waals surface area contributed by atoms with Crippen LogP contribution in [0.15, 0.2) is 60.8 Å². The number of aliphatic hydroxyl groups is 2. The maximum absolute atomic E-state index is 12.7. The number of ether oxygens (including phenoxy) is 1. The molecule has 0 bridgehead atoms. The van der Waals surface area contributed by atoms with Crippen LogP contribution in [0.1, 0.15) is 48.2 Å². The van der Waals surface area contributed by atoms with Gasteiger partial charge in [0.2, 0.25) is 5.91 Å². The quantitative estimate of drug-likeness (QED) is 0.564. The van der Waals surface area contributed by atoms with E-state index in [2.05, 4.69) is 11.2 Å². The molecule has 0 unspecified atom stereocenters. The Labute approximate surface area is 190 Å². The predicted octanol–water partition coefficient (Wildman–Crippen LogP) is 2.07. The molecule has 0 saturated heterocycles. The lowest BCUT2D eigenvalue weighted by Crippen LogP contribution is -2.52. The number of nitriles is 1. The van der Waals surface area contributed by atoms with Gasteiger partial charge in [0.15, 0.2) is 17.0 Å². The number of carbonyl (C=O) groups excluding carboxylic acids is 1. The highest BCUT2D eigenvalue weighted by molar-refractivity contribution is 5.81. The van der Waals surface area contributed by atoms with E-state index in [1.807, 2.05) is 44.2 Å². The molecule has 8 nitrogen and oxygen atoms in total. The first-order valence-corrected chi connectivity index (χ1v) is 10.8. The summed E-state index contributed by atoms with van der Waals surface area (Å²) in [6, 6.07) is 17.8. The number of hydrogen-bond donors (Lipinski definition) is 3. The third kappa shape index (κ3) is 2.64. The summed E-state index contributed by atoms with van der Waals surface area (Å²) >= 11 is 0. The van der Waals surface area contributed by atoms with Crippen molar-refractivity contribution in [3.8, 4) is 11.8 Å². The molecule has 0 radical (unpaired) electrons. The Morgan fingerprint density at radius 3 is 2.45 bits per heavy atom. The Kier molecular flexibility index (Phi) is 4.60. The zero-order valence-electron chi connectivity index (χ0n) is 18.2. The molecular weight excluding hydrogens is 420 g/mol. The summed E-state index contributed by atoms with van der Waals surface area (Å²) in [7, 11) is 0. The minimum Gasteiger partial charge on any atom is -0.475 e. The topological polar surface area (TPSA) is 134 Å². The number of amides is 1. The van der Waals surface area contributed by atoms with Crippen LogP contribution in [-0.4, -0.2) is 32.0 Å². The summed E-state index contributed by atoms with van der Waals surface area (Å²) in [6.07, 6.45) is 0.114. The summed E-state index contributed by atoms with van der Waals surface area (Å²) in [5.74, 6) is -2.38. The number of benzene rings is 2. The molecule has 1 aromatic heterocycles. The van der Waals surface area contributed by atoms with Gasteiger partial charge in [-0.25, -0.2) is 0 Å². The lowest BCUT2D eigenvalue weighted by molar-refractivity contribution is -0.156. The number of nitrogens with zero attached hydrogens (tertiary/aromatic N) is 3. The van der Waals surface area contributed by atoms with Crippen LogP contribution >= 0.6 is 0 Å². The summed E-state index contributed by atoms with van der Waals surface area (Å²) in [4.78, 5) is 12.7. The lowest BCUT2D eigenvalue weighted by Gasteiger charge is -2.40. The third-order valence-corrected chi connectivity index (χ3v) is 6.92. The van der Waals surface area contributed by atoms with Gasteiger partial charge in [-0.2, -0.15) is 10.4 Å². The lowest BCUT2D eigenvalue weighted by atomic mass is 9.71.